The third-order valence-corrected chi connectivity index (χ3v) is 2.97. The summed E-state index contributed by atoms with van der Waals surface area (Å²) in [7, 11) is 0. The maximum atomic E-state index is 11.8. The molecule has 0 radical (unpaired) electrons. The number of hydrogen-bond acceptors (Lipinski definition) is 4. The van der Waals surface area contributed by atoms with E-state index in [0.29, 0.717) is 17.5 Å². The minimum absolute atomic E-state index is 0.103. The minimum atomic E-state index is -0.103. The molecule has 0 bridgehead atoms. The Labute approximate surface area is 99.8 Å². The molecule has 90 valence electrons. The molecule has 1 heterocycles. The van der Waals surface area contributed by atoms with E-state index in [2.05, 4.69) is 9.97 Å². The predicted molar refractivity (Wildman–Crippen MR) is 66.5 cm³/mol. The van der Waals surface area contributed by atoms with Crippen LogP contribution in [0.1, 0.15) is 39.3 Å². The Kier molecular flexibility index (Phi) is 4.86. The van der Waals surface area contributed by atoms with Crippen molar-refractivity contribution in [2.24, 2.45) is 0 Å². The zero-order valence-electron chi connectivity index (χ0n) is 10.2. The van der Waals surface area contributed by atoms with Gasteiger partial charge in [0.05, 0.1) is 17.2 Å². The number of ether oxygens (including phenoxy) is 1. The number of aromatic amines is 1. The highest BCUT2D eigenvalue weighted by atomic mass is 32.2. The second-order valence-corrected chi connectivity index (χ2v) is 4.88. The van der Waals surface area contributed by atoms with E-state index in [0.717, 1.165) is 11.4 Å². The van der Waals surface area contributed by atoms with Gasteiger partial charge in [-0.25, -0.2) is 4.98 Å². The van der Waals surface area contributed by atoms with Crippen molar-refractivity contribution in [2.45, 2.75) is 38.5 Å². The Hall–Kier alpha value is -0.970. The highest BCUT2D eigenvalue weighted by Crippen LogP contribution is 2.24. The Balaban J connectivity index is 3.22. The normalized spacial score (nSPS) is 10.8. The summed E-state index contributed by atoms with van der Waals surface area (Å²) in [6.07, 6.45) is 0. The number of hydrogen-bond donors (Lipinski definition) is 1. The van der Waals surface area contributed by atoms with Crippen LogP contribution in [-0.4, -0.2) is 22.3 Å². The number of thioether (sulfide) groups is 1. The van der Waals surface area contributed by atoms with Crippen LogP contribution in [0.3, 0.4) is 0 Å². The molecule has 0 aromatic carbocycles. The number of rotatable bonds is 5. The number of aromatic nitrogens is 2. The fourth-order valence-electron chi connectivity index (χ4n) is 1.34. The van der Waals surface area contributed by atoms with Crippen molar-refractivity contribution in [3.8, 4) is 6.01 Å². The van der Waals surface area contributed by atoms with Crippen LogP contribution in [0.4, 0.5) is 0 Å². The summed E-state index contributed by atoms with van der Waals surface area (Å²) < 4.78 is 5.23. The molecule has 0 aliphatic carbocycles. The molecule has 4 nitrogen and oxygen atoms in total. The van der Waals surface area contributed by atoms with Gasteiger partial charge in [-0.15, -0.1) is 11.8 Å². The van der Waals surface area contributed by atoms with E-state index in [1.165, 1.54) is 11.8 Å². The molecule has 16 heavy (non-hydrogen) atoms. The molecular weight excluding hydrogens is 224 g/mol. The van der Waals surface area contributed by atoms with Crippen molar-refractivity contribution in [1.29, 1.82) is 0 Å². The van der Waals surface area contributed by atoms with Crippen LogP contribution in [0.5, 0.6) is 6.01 Å². The minimum Gasteiger partial charge on any atom is -0.465 e. The molecule has 0 unspecified atom stereocenters. The van der Waals surface area contributed by atoms with Gasteiger partial charge in [-0.05, 0) is 18.6 Å². The maximum Gasteiger partial charge on any atom is 0.296 e. The second-order valence-electron chi connectivity index (χ2n) is 3.61. The molecule has 0 saturated heterocycles. The third-order valence-electron chi connectivity index (χ3n) is 2.00. The van der Waals surface area contributed by atoms with E-state index in [9.17, 15) is 4.79 Å². The van der Waals surface area contributed by atoms with Gasteiger partial charge in [0.2, 0.25) is 0 Å². The molecule has 1 aromatic rings. The summed E-state index contributed by atoms with van der Waals surface area (Å²) in [4.78, 5) is 19.5. The first-order chi connectivity index (χ1) is 7.60. The Morgan fingerprint density at radius 1 is 1.44 bits per heavy atom. The molecule has 1 N–H and O–H groups in total. The van der Waals surface area contributed by atoms with E-state index < -0.39 is 0 Å². The highest BCUT2D eigenvalue weighted by molar-refractivity contribution is 7.99. The van der Waals surface area contributed by atoms with Gasteiger partial charge in [0, 0.05) is 0 Å². The lowest BCUT2D eigenvalue weighted by atomic mass is 10.1. The first kappa shape index (κ1) is 13.1. The number of nitrogens with zero attached hydrogens (tertiary/aromatic N) is 1. The Morgan fingerprint density at radius 2 is 2.12 bits per heavy atom. The average Bonchev–Trinajstić information content (AvgIpc) is 2.22. The van der Waals surface area contributed by atoms with Gasteiger partial charge < -0.3 is 4.74 Å². The summed E-state index contributed by atoms with van der Waals surface area (Å²) in [6, 6.07) is 0.316. The van der Waals surface area contributed by atoms with Gasteiger partial charge in [-0.2, -0.15) is 0 Å². The van der Waals surface area contributed by atoms with Crippen molar-refractivity contribution in [3.63, 3.8) is 0 Å². The fraction of sp³-hybridized carbons (Fsp3) is 0.636. The van der Waals surface area contributed by atoms with Crippen LogP contribution < -0.4 is 10.3 Å². The molecule has 0 amide bonds. The molecule has 0 aliphatic rings. The highest BCUT2D eigenvalue weighted by Gasteiger charge is 2.14. The zero-order chi connectivity index (χ0) is 12.1. The lowest BCUT2D eigenvalue weighted by Crippen LogP contribution is -2.16. The van der Waals surface area contributed by atoms with Crippen molar-refractivity contribution >= 4 is 11.8 Å². The summed E-state index contributed by atoms with van der Waals surface area (Å²) in [5.74, 6) is 1.08. The largest absolute Gasteiger partial charge is 0.465 e. The van der Waals surface area contributed by atoms with Crippen molar-refractivity contribution in [3.05, 3.63) is 16.0 Å². The van der Waals surface area contributed by atoms with Crippen LogP contribution in [0.2, 0.25) is 0 Å². The summed E-state index contributed by atoms with van der Waals surface area (Å²) in [6.45, 7) is 8.43. The van der Waals surface area contributed by atoms with Crippen molar-refractivity contribution < 1.29 is 4.74 Å². The second kappa shape index (κ2) is 5.94. The Morgan fingerprint density at radius 3 is 2.62 bits per heavy atom. The molecule has 1 rings (SSSR count). The van der Waals surface area contributed by atoms with Crippen LogP contribution in [-0.2, 0) is 0 Å². The topological polar surface area (TPSA) is 55.0 Å². The van der Waals surface area contributed by atoms with Gasteiger partial charge in [-0.1, -0.05) is 20.8 Å². The SMILES string of the molecule is CCOc1nc(C(C)C)c(SCC)c(=O)[nH]1. The standard InChI is InChI=1S/C11H18N2O2S/c1-5-15-11-12-8(7(3)4)9(16-6-2)10(14)13-11/h7H,5-6H2,1-4H3,(H,12,13,14). The first-order valence-electron chi connectivity index (χ1n) is 5.49. The predicted octanol–water partition coefficient (Wildman–Crippen LogP) is 2.40. The van der Waals surface area contributed by atoms with Gasteiger partial charge in [0.1, 0.15) is 0 Å². The lowest BCUT2D eigenvalue weighted by Gasteiger charge is -2.11. The van der Waals surface area contributed by atoms with Gasteiger partial charge in [0.15, 0.2) is 0 Å². The van der Waals surface area contributed by atoms with Crippen molar-refractivity contribution in [2.75, 3.05) is 12.4 Å². The first-order valence-corrected chi connectivity index (χ1v) is 6.48. The summed E-state index contributed by atoms with van der Waals surface area (Å²) in [5.41, 5.74) is 0.716. The number of nitrogens with one attached hydrogen (secondary N) is 1. The molecule has 0 fully saturated rings. The van der Waals surface area contributed by atoms with E-state index in [1.807, 2.05) is 27.7 Å². The molecule has 0 saturated carbocycles. The lowest BCUT2D eigenvalue weighted by molar-refractivity contribution is 0.308. The zero-order valence-corrected chi connectivity index (χ0v) is 11.0. The summed E-state index contributed by atoms with van der Waals surface area (Å²) in [5, 5.41) is 0. The van der Waals surface area contributed by atoms with Crippen molar-refractivity contribution in [1.82, 2.24) is 9.97 Å². The van der Waals surface area contributed by atoms with Crippen LogP contribution in [0.15, 0.2) is 9.69 Å². The van der Waals surface area contributed by atoms with E-state index in [4.69, 9.17) is 4.74 Å². The fourth-order valence-corrected chi connectivity index (χ4v) is 2.24. The average molecular weight is 242 g/mol. The molecule has 0 aliphatic heterocycles. The van der Waals surface area contributed by atoms with E-state index in [1.54, 1.807) is 0 Å². The van der Waals surface area contributed by atoms with Crippen LogP contribution in [0.25, 0.3) is 0 Å². The van der Waals surface area contributed by atoms with Gasteiger partial charge >= 0.3 is 0 Å². The van der Waals surface area contributed by atoms with E-state index in [-0.39, 0.29) is 11.5 Å². The van der Waals surface area contributed by atoms with Crippen LogP contribution >= 0.6 is 11.8 Å². The number of H-pyrrole nitrogens is 1. The maximum absolute atomic E-state index is 11.8. The quantitative estimate of drug-likeness (QED) is 0.806. The molecule has 5 heteroatoms. The van der Waals surface area contributed by atoms with Gasteiger partial charge in [-0.3, -0.25) is 9.78 Å². The monoisotopic (exact) mass is 242 g/mol. The Bertz CT molecular complexity index is 401. The third kappa shape index (κ3) is 3.01. The molecule has 1 aromatic heterocycles. The van der Waals surface area contributed by atoms with Crippen LogP contribution in [0, 0.1) is 0 Å². The molecule has 0 spiro atoms. The smallest absolute Gasteiger partial charge is 0.296 e. The molecule has 0 atom stereocenters. The van der Waals surface area contributed by atoms with E-state index >= 15 is 0 Å². The summed E-state index contributed by atoms with van der Waals surface area (Å²) >= 11 is 1.52. The molecular formula is C11H18N2O2S. The van der Waals surface area contributed by atoms with Gasteiger partial charge in [0.25, 0.3) is 11.6 Å².